The molecule has 1 aliphatic rings. The summed E-state index contributed by atoms with van der Waals surface area (Å²) in [7, 11) is 4.05. The lowest BCUT2D eigenvalue weighted by Gasteiger charge is -2.32. The smallest absolute Gasteiger partial charge is 0.0500 e. The van der Waals surface area contributed by atoms with Crippen molar-refractivity contribution < 1.29 is 4.74 Å². The van der Waals surface area contributed by atoms with Crippen molar-refractivity contribution in [3.63, 3.8) is 0 Å². The number of hydrogen-bond acceptors (Lipinski definition) is 2. The van der Waals surface area contributed by atoms with Crippen molar-refractivity contribution in [1.29, 1.82) is 0 Å². The van der Waals surface area contributed by atoms with E-state index >= 15 is 0 Å². The van der Waals surface area contributed by atoms with Gasteiger partial charge in [-0.05, 0) is 25.8 Å². The molecule has 1 unspecified atom stereocenters. The van der Waals surface area contributed by atoms with Crippen molar-refractivity contribution >= 4 is 0 Å². The lowest BCUT2D eigenvalue weighted by molar-refractivity contribution is 0.112. The first-order valence-electron chi connectivity index (χ1n) is 5.93. The Balaban J connectivity index is 2.21. The number of hydrogen-bond donors (Lipinski definition) is 0. The first-order chi connectivity index (χ1) is 6.74. The first kappa shape index (κ1) is 12.0. The van der Waals surface area contributed by atoms with E-state index in [1.54, 1.807) is 7.11 Å². The van der Waals surface area contributed by atoms with Crippen LogP contribution in [0.5, 0.6) is 0 Å². The van der Waals surface area contributed by atoms with Gasteiger partial charge < -0.3 is 9.64 Å². The molecule has 0 amide bonds. The van der Waals surface area contributed by atoms with E-state index in [-0.39, 0.29) is 0 Å². The largest absolute Gasteiger partial charge is 0.384 e. The second-order valence-corrected chi connectivity index (χ2v) is 4.79. The Morgan fingerprint density at radius 3 is 2.50 bits per heavy atom. The van der Waals surface area contributed by atoms with Crippen LogP contribution in [0, 0.1) is 5.92 Å². The molecule has 0 saturated heterocycles. The van der Waals surface area contributed by atoms with E-state index in [1.165, 1.54) is 38.6 Å². The van der Waals surface area contributed by atoms with Gasteiger partial charge in [-0.2, -0.15) is 0 Å². The average molecular weight is 199 g/mol. The first-order valence-corrected chi connectivity index (χ1v) is 5.93. The summed E-state index contributed by atoms with van der Waals surface area (Å²) in [6, 6.07) is 0.836. The monoisotopic (exact) mass is 199 g/mol. The minimum Gasteiger partial charge on any atom is -0.384 e. The maximum atomic E-state index is 5.17. The zero-order valence-corrected chi connectivity index (χ0v) is 9.96. The van der Waals surface area contributed by atoms with Gasteiger partial charge in [0.25, 0.3) is 0 Å². The Bertz CT molecular complexity index is 143. The molecule has 0 bridgehead atoms. The van der Waals surface area contributed by atoms with E-state index in [9.17, 15) is 0 Å². The molecule has 2 heteroatoms. The molecule has 0 aromatic heterocycles. The SMILES string of the molecule is COCC(C)CN(C)C1CCCCC1. The summed E-state index contributed by atoms with van der Waals surface area (Å²) in [5, 5.41) is 0. The van der Waals surface area contributed by atoms with Crippen molar-refractivity contribution in [2.45, 2.75) is 45.1 Å². The Morgan fingerprint density at radius 2 is 1.93 bits per heavy atom. The van der Waals surface area contributed by atoms with E-state index in [1.807, 2.05) is 0 Å². The van der Waals surface area contributed by atoms with Gasteiger partial charge in [0.2, 0.25) is 0 Å². The van der Waals surface area contributed by atoms with Crippen LogP contribution in [-0.4, -0.2) is 38.3 Å². The lowest BCUT2D eigenvalue weighted by atomic mass is 9.94. The molecule has 0 heterocycles. The van der Waals surface area contributed by atoms with Gasteiger partial charge in [0.05, 0.1) is 0 Å². The van der Waals surface area contributed by atoms with E-state index in [0.29, 0.717) is 5.92 Å². The van der Waals surface area contributed by atoms with Crippen LogP contribution in [0.1, 0.15) is 39.0 Å². The topological polar surface area (TPSA) is 12.5 Å². The third-order valence-corrected chi connectivity index (χ3v) is 3.25. The molecule has 0 aliphatic heterocycles. The van der Waals surface area contributed by atoms with Gasteiger partial charge in [-0.25, -0.2) is 0 Å². The van der Waals surface area contributed by atoms with Crippen LogP contribution in [0.4, 0.5) is 0 Å². The lowest BCUT2D eigenvalue weighted by Crippen LogP contribution is -2.37. The number of methoxy groups -OCH3 is 1. The maximum Gasteiger partial charge on any atom is 0.0500 e. The summed E-state index contributed by atoms with van der Waals surface area (Å²) in [6.45, 7) is 4.33. The van der Waals surface area contributed by atoms with Gasteiger partial charge in [-0.1, -0.05) is 26.2 Å². The van der Waals surface area contributed by atoms with Crippen LogP contribution < -0.4 is 0 Å². The molecule has 1 aliphatic carbocycles. The Hall–Kier alpha value is -0.0800. The van der Waals surface area contributed by atoms with Crippen LogP contribution in [0.15, 0.2) is 0 Å². The summed E-state index contributed by atoms with van der Waals surface area (Å²) < 4.78 is 5.17. The van der Waals surface area contributed by atoms with Crippen LogP contribution in [0.25, 0.3) is 0 Å². The summed E-state index contributed by atoms with van der Waals surface area (Å²) in [5.74, 6) is 0.659. The highest BCUT2D eigenvalue weighted by Gasteiger charge is 2.18. The fraction of sp³-hybridized carbons (Fsp3) is 1.00. The molecule has 84 valence electrons. The summed E-state index contributed by atoms with van der Waals surface area (Å²) in [4.78, 5) is 2.53. The minimum atomic E-state index is 0.659. The molecule has 0 aromatic rings. The van der Waals surface area contributed by atoms with Crippen LogP contribution in [0.3, 0.4) is 0 Å². The van der Waals surface area contributed by atoms with E-state index in [4.69, 9.17) is 4.74 Å². The second-order valence-electron chi connectivity index (χ2n) is 4.79. The van der Waals surface area contributed by atoms with Crippen molar-refractivity contribution in [3.05, 3.63) is 0 Å². The second kappa shape index (κ2) is 6.41. The molecule has 0 aromatic carbocycles. The Labute approximate surface area is 88.6 Å². The van der Waals surface area contributed by atoms with Crippen LogP contribution in [0.2, 0.25) is 0 Å². The molecule has 14 heavy (non-hydrogen) atoms. The van der Waals surface area contributed by atoms with Gasteiger partial charge in [0, 0.05) is 26.3 Å². The fourth-order valence-corrected chi connectivity index (χ4v) is 2.50. The molecule has 2 nitrogen and oxygen atoms in total. The summed E-state index contributed by atoms with van der Waals surface area (Å²) in [6.07, 6.45) is 7.09. The number of ether oxygens (including phenoxy) is 1. The molecule has 1 atom stereocenters. The number of rotatable bonds is 5. The quantitative estimate of drug-likeness (QED) is 0.674. The van der Waals surface area contributed by atoms with Crippen LogP contribution in [-0.2, 0) is 4.74 Å². The fourth-order valence-electron chi connectivity index (χ4n) is 2.50. The van der Waals surface area contributed by atoms with Gasteiger partial charge in [0.15, 0.2) is 0 Å². The van der Waals surface area contributed by atoms with Crippen molar-refractivity contribution in [2.75, 3.05) is 27.3 Å². The predicted molar refractivity (Wildman–Crippen MR) is 60.5 cm³/mol. The zero-order valence-electron chi connectivity index (χ0n) is 9.96. The average Bonchev–Trinajstić information content (AvgIpc) is 2.19. The third kappa shape index (κ3) is 3.97. The van der Waals surface area contributed by atoms with Crippen LogP contribution >= 0.6 is 0 Å². The summed E-state index contributed by atoms with van der Waals surface area (Å²) >= 11 is 0. The molecule has 0 N–H and O–H groups in total. The predicted octanol–water partition coefficient (Wildman–Crippen LogP) is 2.53. The Morgan fingerprint density at radius 1 is 1.29 bits per heavy atom. The van der Waals surface area contributed by atoms with Crippen molar-refractivity contribution in [2.24, 2.45) is 5.92 Å². The van der Waals surface area contributed by atoms with Gasteiger partial charge in [0.1, 0.15) is 0 Å². The molecule has 1 rings (SSSR count). The molecule has 0 spiro atoms. The molecular formula is C12H25NO. The van der Waals surface area contributed by atoms with Gasteiger partial charge in [-0.15, -0.1) is 0 Å². The highest BCUT2D eigenvalue weighted by atomic mass is 16.5. The maximum absolute atomic E-state index is 5.17. The number of nitrogens with zero attached hydrogens (tertiary/aromatic N) is 1. The summed E-state index contributed by atoms with van der Waals surface area (Å²) in [5.41, 5.74) is 0. The molecular weight excluding hydrogens is 174 g/mol. The van der Waals surface area contributed by atoms with E-state index in [0.717, 1.165) is 12.6 Å². The minimum absolute atomic E-state index is 0.659. The molecule has 1 fully saturated rings. The van der Waals surface area contributed by atoms with Gasteiger partial charge >= 0.3 is 0 Å². The van der Waals surface area contributed by atoms with E-state index in [2.05, 4.69) is 18.9 Å². The molecule has 1 saturated carbocycles. The highest BCUT2D eigenvalue weighted by Crippen LogP contribution is 2.22. The van der Waals surface area contributed by atoms with E-state index < -0.39 is 0 Å². The normalized spacial score (nSPS) is 21.4. The third-order valence-electron chi connectivity index (χ3n) is 3.25. The van der Waals surface area contributed by atoms with Gasteiger partial charge in [-0.3, -0.25) is 0 Å². The standard InChI is InChI=1S/C12H25NO/c1-11(10-14-3)9-13(2)12-7-5-4-6-8-12/h11-12H,4-10H2,1-3H3. The zero-order chi connectivity index (χ0) is 10.4. The van der Waals surface area contributed by atoms with Crippen molar-refractivity contribution in [1.82, 2.24) is 4.90 Å². The molecule has 0 radical (unpaired) electrons. The highest BCUT2D eigenvalue weighted by molar-refractivity contribution is 4.74. The van der Waals surface area contributed by atoms with Crippen molar-refractivity contribution in [3.8, 4) is 0 Å². The Kier molecular flexibility index (Phi) is 5.49.